The van der Waals surface area contributed by atoms with Crippen molar-refractivity contribution in [3.05, 3.63) is 22.9 Å². The van der Waals surface area contributed by atoms with Crippen LogP contribution in [0.2, 0.25) is 0 Å². The van der Waals surface area contributed by atoms with Gasteiger partial charge in [0.1, 0.15) is 0 Å². The molecule has 0 aliphatic heterocycles. The van der Waals surface area contributed by atoms with Crippen LogP contribution in [0.25, 0.3) is 0 Å². The Hall–Kier alpha value is -1.09. The average Bonchev–Trinajstić information content (AvgIpc) is 2.41. The minimum Gasteiger partial charge on any atom is -0.477 e. The first-order valence-corrected chi connectivity index (χ1v) is 7.99. The van der Waals surface area contributed by atoms with Crippen molar-refractivity contribution in [2.75, 3.05) is 13.2 Å². The second-order valence-electron chi connectivity index (χ2n) is 5.45. The van der Waals surface area contributed by atoms with Crippen molar-refractivity contribution in [1.82, 2.24) is 10.3 Å². The molecule has 0 atom stereocenters. The van der Waals surface area contributed by atoms with E-state index in [0.717, 1.165) is 44.1 Å². The molecule has 0 saturated heterocycles. The number of hydrogen-bond acceptors (Lipinski definition) is 3. The van der Waals surface area contributed by atoms with Gasteiger partial charge < -0.3 is 10.1 Å². The lowest BCUT2D eigenvalue weighted by Gasteiger charge is -2.14. The fourth-order valence-electron chi connectivity index (χ4n) is 2.25. The van der Waals surface area contributed by atoms with Gasteiger partial charge in [-0.3, -0.25) is 0 Å². The Kier molecular flexibility index (Phi) is 8.28. The van der Waals surface area contributed by atoms with Gasteiger partial charge in [-0.05, 0) is 44.9 Å². The van der Waals surface area contributed by atoms with Gasteiger partial charge in [-0.25, -0.2) is 4.98 Å². The molecular formula is C17H30N2O. The zero-order valence-electron chi connectivity index (χ0n) is 13.6. The lowest BCUT2D eigenvalue weighted by molar-refractivity contribution is 0.289. The Morgan fingerprint density at radius 1 is 1.10 bits per heavy atom. The molecule has 20 heavy (non-hydrogen) atoms. The number of aryl methyl sites for hydroxylation is 2. The van der Waals surface area contributed by atoms with Gasteiger partial charge in [0.2, 0.25) is 5.88 Å². The Labute approximate surface area is 124 Å². The van der Waals surface area contributed by atoms with Crippen molar-refractivity contribution < 1.29 is 4.74 Å². The standard InChI is InChI=1S/C17H30N2O/c1-5-7-8-9-11-20-17-16(13-18-10-6-2)14(3)12-15(4)19-17/h12,18H,5-11,13H2,1-4H3. The molecule has 0 aromatic carbocycles. The summed E-state index contributed by atoms with van der Waals surface area (Å²) < 4.78 is 5.92. The van der Waals surface area contributed by atoms with Crippen LogP contribution >= 0.6 is 0 Å². The predicted octanol–water partition coefficient (Wildman–Crippen LogP) is 4.16. The van der Waals surface area contributed by atoms with E-state index in [1.165, 1.54) is 30.4 Å². The van der Waals surface area contributed by atoms with E-state index in [4.69, 9.17) is 4.74 Å². The third-order valence-electron chi connectivity index (χ3n) is 3.40. The first-order valence-electron chi connectivity index (χ1n) is 7.99. The van der Waals surface area contributed by atoms with E-state index in [-0.39, 0.29) is 0 Å². The maximum Gasteiger partial charge on any atom is 0.218 e. The lowest BCUT2D eigenvalue weighted by atomic mass is 10.1. The summed E-state index contributed by atoms with van der Waals surface area (Å²) in [6.07, 6.45) is 6.04. The molecule has 0 saturated carbocycles. The highest BCUT2D eigenvalue weighted by atomic mass is 16.5. The van der Waals surface area contributed by atoms with Gasteiger partial charge in [-0.15, -0.1) is 0 Å². The van der Waals surface area contributed by atoms with E-state index in [1.54, 1.807) is 0 Å². The molecule has 0 aliphatic carbocycles. The van der Waals surface area contributed by atoms with E-state index < -0.39 is 0 Å². The summed E-state index contributed by atoms with van der Waals surface area (Å²) in [5, 5.41) is 3.44. The molecule has 114 valence electrons. The van der Waals surface area contributed by atoms with Gasteiger partial charge in [0.05, 0.1) is 6.61 Å². The van der Waals surface area contributed by atoms with Crippen LogP contribution in [-0.2, 0) is 6.54 Å². The van der Waals surface area contributed by atoms with Crippen molar-refractivity contribution in [1.29, 1.82) is 0 Å². The number of rotatable bonds is 10. The van der Waals surface area contributed by atoms with E-state index in [2.05, 4.69) is 37.1 Å². The Morgan fingerprint density at radius 3 is 2.60 bits per heavy atom. The van der Waals surface area contributed by atoms with E-state index in [9.17, 15) is 0 Å². The molecule has 3 nitrogen and oxygen atoms in total. The number of hydrogen-bond donors (Lipinski definition) is 1. The number of aromatic nitrogens is 1. The molecule has 0 fully saturated rings. The van der Waals surface area contributed by atoms with Crippen molar-refractivity contribution in [2.45, 2.75) is 66.3 Å². The van der Waals surface area contributed by atoms with Gasteiger partial charge >= 0.3 is 0 Å². The van der Waals surface area contributed by atoms with E-state index >= 15 is 0 Å². The highest BCUT2D eigenvalue weighted by Gasteiger charge is 2.09. The lowest BCUT2D eigenvalue weighted by Crippen LogP contribution is -2.16. The molecule has 0 aliphatic rings. The molecular weight excluding hydrogens is 248 g/mol. The van der Waals surface area contributed by atoms with Gasteiger partial charge in [-0.2, -0.15) is 0 Å². The maximum atomic E-state index is 5.92. The number of unbranched alkanes of at least 4 members (excludes halogenated alkanes) is 3. The van der Waals surface area contributed by atoms with Crippen LogP contribution in [0, 0.1) is 13.8 Å². The quantitative estimate of drug-likeness (QED) is 0.653. The first-order chi connectivity index (χ1) is 9.69. The number of nitrogens with one attached hydrogen (secondary N) is 1. The fraction of sp³-hybridized carbons (Fsp3) is 0.706. The highest BCUT2D eigenvalue weighted by Crippen LogP contribution is 2.21. The third kappa shape index (κ3) is 5.91. The summed E-state index contributed by atoms with van der Waals surface area (Å²) in [6.45, 7) is 11.2. The molecule has 1 heterocycles. The Balaban J connectivity index is 2.61. The van der Waals surface area contributed by atoms with Crippen LogP contribution in [0.1, 0.15) is 62.8 Å². The van der Waals surface area contributed by atoms with E-state index in [0.29, 0.717) is 0 Å². The normalized spacial score (nSPS) is 10.8. The van der Waals surface area contributed by atoms with Crippen LogP contribution in [0.4, 0.5) is 0 Å². The van der Waals surface area contributed by atoms with Crippen LogP contribution in [0.15, 0.2) is 6.07 Å². The average molecular weight is 278 g/mol. The molecule has 1 aromatic heterocycles. The molecule has 0 radical (unpaired) electrons. The summed E-state index contributed by atoms with van der Waals surface area (Å²) >= 11 is 0. The molecule has 1 rings (SSSR count). The van der Waals surface area contributed by atoms with Crippen LogP contribution in [0.5, 0.6) is 5.88 Å². The predicted molar refractivity (Wildman–Crippen MR) is 85.3 cm³/mol. The second kappa shape index (κ2) is 9.76. The number of pyridine rings is 1. The van der Waals surface area contributed by atoms with Gasteiger partial charge in [0.25, 0.3) is 0 Å². The zero-order valence-corrected chi connectivity index (χ0v) is 13.6. The minimum atomic E-state index is 0.774. The Bertz CT molecular complexity index is 391. The van der Waals surface area contributed by atoms with Crippen molar-refractivity contribution in [3.63, 3.8) is 0 Å². The smallest absolute Gasteiger partial charge is 0.218 e. The highest BCUT2D eigenvalue weighted by molar-refractivity contribution is 5.35. The second-order valence-corrected chi connectivity index (χ2v) is 5.45. The van der Waals surface area contributed by atoms with Crippen molar-refractivity contribution >= 4 is 0 Å². The van der Waals surface area contributed by atoms with Crippen LogP contribution < -0.4 is 10.1 Å². The largest absolute Gasteiger partial charge is 0.477 e. The molecule has 0 bridgehead atoms. The zero-order chi connectivity index (χ0) is 14.8. The van der Waals surface area contributed by atoms with Crippen LogP contribution in [-0.4, -0.2) is 18.1 Å². The monoisotopic (exact) mass is 278 g/mol. The number of nitrogens with zero attached hydrogens (tertiary/aromatic N) is 1. The first kappa shape index (κ1) is 17.0. The summed E-state index contributed by atoms with van der Waals surface area (Å²) in [5.41, 5.74) is 3.51. The maximum absolute atomic E-state index is 5.92. The SMILES string of the molecule is CCCCCCOc1nc(C)cc(C)c1CNCCC. The van der Waals surface area contributed by atoms with Crippen molar-refractivity contribution in [3.8, 4) is 5.88 Å². The van der Waals surface area contributed by atoms with E-state index in [1.807, 2.05) is 6.92 Å². The molecule has 1 N–H and O–H groups in total. The third-order valence-corrected chi connectivity index (χ3v) is 3.40. The Morgan fingerprint density at radius 2 is 1.90 bits per heavy atom. The number of ether oxygens (including phenoxy) is 1. The van der Waals surface area contributed by atoms with Crippen LogP contribution in [0.3, 0.4) is 0 Å². The molecule has 0 unspecified atom stereocenters. The summed E-state index contributed by atoms with van der Waals surface area (Å²) in [4.78, 5) is 4.57. The molecule has 1 aromatic rings. The molecule has 3 heteroatoms. The molecule has 0 spiro atoms. The topological polar surface area (TPSA) is 34.1 Å². The minimum absolute atomic E-state index is 0.774. The summed E-state index contributed by atoms with van der Waals surface area (Å²) in [7, 11) is 0. The van der Waals surface area contributed by atoms with Gasteiger partial charge in [-0.1, -0.05) is 33.1 Å². The fourth-order valence-corrected chi connectivity index (χ4v) is 2.25. The summed E-state index contributed by atoms with van der Waals surface area (Å²) in [5.74, 6) is 0.822. The van der Waals surface area contributed by atoms with Gasteiger partial charge in [0.15, 0.2) is 0 Å². The van der Waals surface area contributed by atoms with Crippen molar-refractivity contribution in [2.24, 2.45) is 0 Å². The molecule has 0 amide bonds. The summed E-state index contributed by atoms with van der Waals surface area (Å²) in [6, 6.07) is 2.13. The van der Waals surface area contributed by atoms with Gasteiger partial charge in [0, 0.05) is 17.8 Å².